The zero-order chi connectivity index (χ0) is 30.0. The molecule has 3 N–H and O–H groups in total. The molecule has 7 nitrogen and oxygen atoms in total. The Bertz CT molecular complexity index is 1550. The van der Waals surface area contributed by atoms with Crippen molar-refractivity contribution >= 4 is 23.3 Å². The van der Waals surface area contributed by atoms with E-state index in [9.17, 15) is 19.5 Å². The van der Waals surface area contributed by atoms with Crippen molar-refractivity contribution in [3.63, 3.8) is 0 Å². The zero-order valence-electron chi connectivity index (χ0n) is 24.0. The number of ketones is 1. The molecule has 4 aromatic rings. The molecule has 1 saturated carbocycles. The summed E-state index contributed by atoms with van der Waals surface area (Å²) in [5.41, 5.74) is 4.58. The molecule has 1 fully saturated rings. The quantitative estimate of drug-likeness (QED) is 0.124. The molecule has 1 aliphatic carbocycles. The summed E-state index contributed by atoms with van der Waals surface area (Å²) in [6.45, 7) is 0.706. The van der Waals surface area contributed by atoms with Gasteiger partial charge in [-0.2, -0.15) is 0 Å². The molecule has 43 heavy (non-hydrogen) atoms. The molecule has 1 unspecified atom stereocenters. The van der Waals surface area contributed by atoms with Crippen LogP contribution in [-0.4, -0.2) is 42.0 Å². The monoisotopic (exact) mass is 576 g/mol. The maximum absolute atomic E-state index is 13.1. The summed E-state index contributed by atoms with van der Waals surface area (Å²) in [6.07, 6.45) is 4.18. The van der Waals surface area contributed by atoms with Gasteiger partial charge in [-0.25, -0.2) is 4.79 Å². The van der Waals surface area contributed by atoms with Crippen LogP contribution in [0.15, 0.2) is 103 Å². The Labute approximate surface area is 251 Å². The van der Waals surface area contributed by atoms with Crippen molar-refractivity contribution in [2.75, 3.05) is 18.5 Å². The van der Waals surface area contributed by atoms with Crippen LogP contribution in [0.4, 0.5) is 5.69 Å². The van der Waals surface area contributed by atoms with E-state index in [0.717, 1.165) is 23.5 Å². The van der Waals surface area contributed by atoms with Gasteiger partial charge < -0.3 is 20.5 Å². The summed E-state index contributed by atoms with van der Waals surface area (Å²) in [6, 6.07) is 30.3. The van der Waals surface area contributed by atoms with Crippen LogP contribution in [0.2, 0.25) is 0 Å². The van der Waals surface area contributed by atoms with E-state index < -0.39 is 12.0 Å². The van der Waals surface area contributed by atoms with Crippen molar-refractivity contribution in [1.82, 2.24) is 5.32 Å². The van der Waals surface area contributed by atoms with Crippen molar-refractivity contribution in [2.24, 2.45) is 5.92 Å². The lowest BCUT2D eigenvalue weighted by atomic mass is 9.99. The molecule has 0 spiro atoms. The number of carboxylic acids is 1. The number of carboxylic acid groups (broad SMARTS) is 1. The van der Waals surface area contributed by atoms with Gasteiger partial charge in [-0.3, -0.25) is 9.59 Å². The maximum Gasteiger partial charge on any atom is 0.326 e. The van der Waals surface area contributed by atoms with Crippen LogP contribution >= 0.6 is 0 Å². The minimum absolute atomic E-state index is 0.0264. The number of amides is 1. The summed E-state index contributed by atoms with van der Waals surface area (Å²) < 4.78 is 5.79. The van der Waals surface area contributed by atoms with Crippen LogP contribution in [0.1, 0.15) is 45.5 Å². The molecule has 0 bridgehead atoms. The molecule has 0 aliphatic heterocycles. The number of carbonyl (C=O) groups excluding carboxylic acids is 2. The number of hydrogen-bond donors (Lipinski definition) is 3. The van der Waals surface area contributed by atoms with Gasteiger partial charge in [0.15, 0.2) is 5.78 Å². The largest absolute Gasteiger partial charge is 0.492 e. The molecule has 1 atom stereocenters. The van der Waals surface area contributed by atoms with Crippen molar-refractivity contribution in [3.8, 4) is 5.75 Å². The maximum atomic E-state index is 13.1. The van der Waals surface area contributed by atoms with Gasteiger partial charge >= 0.3 is 5.97 Å². The lowest BCUT2D eigenvalue weighted by Crippen LogP contribution is -2.32. The van der Waals surface area contributed by atoms with E-state index >= 15 is 0 Å². The van der Waals surface area contributed by atoms with Crippen molar-refractivity contribution in [1.29, 1.82) is 0 Å². The zero-order valence-corrected chi connectivity index (χ0v) is 24.0. The van der Waals surface area contributed by atoms with Gasteiger partial charge in [-0.05, 0) is 66.1 Å². The van der Waals surface area contributed by atoms with E-state index in [4.69, 9.17) is 4.74 Å². The van der Waals surface area contributed by atoms with Crippen LogP contribution < -0.4 is 15.4 Å². The number of nitrogens with one attached hydrogen (secondary N) is 2. The summed E-state index contributed by atoms with van der Waals surface area (Å²) in [5, 5.41) is 15.9. The molecule has 4 aromatic carbocycles. The van der Waals surface area contributed by atoms with Gasteiger partial charge in [0, 0.05) is 23.2 Å². The van der Waals surface area contributed by atoms with E-state index in [2.05, 4.69) is 16.7 Å². The first-order valence-corrected chi connectivity index (χ1v) is 14.7. The summed E-state index contributed by atoms with van der Waals surface area (Å²) >= 11 is 0. The van der Waals surface area contributed by atoms with Crippen molar-refractivity contribution < 1.29 is 24.2 Å². The average Bonchev–Trinajstić information content (AvgIpc) is 3.85. The number of carbonyl (C=O) groups is 3. The van der Waals surface area contributed by atoms with Crippen LogP contribution in [-0.2, 0) is 28.9 Å². The first-order valence-electron chi connectivity index (χ1n) is 14.7. The van der Waals surface area contributed by atoms with Crippen molar-refractivity contribution in [2.45, 2.75) is 38.1 Å². The Kier molecular flexibility index (Phi) is 9.85. The molecule has 0 heterocycles. The fourth-order valence-electron chi connectivity index (χ4n) is 5.05. The Morgan fingerprint density at radius 2 is 1.49 bits per heavy atom. The number of benzene rings is 4. The van der Waals surface area contributed by atoms with E-state index in [0.29, 0.717) is 42.1 Å². The van der Waals surface area contributed by atoms with E-state index in [1.165, 1.54) is 18.4 Å². The second kappa shape index (κ2) is 14.3. The second-order valence-corrected chi connectivity index (χ2v) is 10.9. The van der Waals surface area contributed by atoms with E-state index in [-0.39, 0.29) is 18.1 Å². The Morgan fingerprint density at radius 1 is 0.814 bits per heavy atom. The normalized spacial score (nSPS) is 13.1. The van der Waals surface area contributed by atoms with Gasteiger partial charge in [0.25, 0.3) is 0 Å². The first-order chi connectivity index (χ1) is 21.0. The molecule has 220 valence electrons. The molecule has 0 saturated heterocycles. The molecule has 0 aromatic heterocycles. The van der Waals surface area contributed by atoms with Crippen LogP contribution in [0.5, 0.6) is 5.75 Å². The lowest BCUT2D eigenvalue weighted by Gasteiger charge is -2.18. The highest BCUT2D eigenvalue weighted by Gasteiger charge is 2.23. The summed E-state index contributed by atoms with van der Waals surface area (Å²) in [7, 11) is 0. The second-order valence-electron chi connectivity index (χ2n) is 10.9. The number of anilines is 1. The predicted octanol–water partition coefficient (Wildman–Crippen LogP) is 5.72. The molecular weight excluding hydrogens is 540 g/mol. The fraction of sp³-hybridized carbons (Fsp3) is 0.250. The third kappa shape index (κ3) is 8.55. The smallest absolute Gasteiger partial charge is 0.326 e. The highest BCUT2D eigenvalue weighted by atomic mass is 16.5. The van der Waals surface area contributed by atoms with E-state index in [1.54, 1.807) is 60.7 Å². The van der Waals surface area contributed by atoms with Gasteiger partial charge in [0.1, 0.15) is 18.4 Å². The predicted molar refractivity (Wildman–Crippen MR) is 167 cm³/mol. The number of para-hydroxylation sites is 1. The number of rotatable bonds is 15. The topological polar surface area (TPSA) is 105 Å². The van der Waals surface area contributed by atoms with Gasteiger partial charge in [0.2, 0.25) is 5.91 Å². The third-order valence-electron chi connectivity index (χ3n) is 7.57. The summed E-state index contributed by atoms with van der Waals surface area (Å²) in [4.78, 5) is 37.7. The minimum atomic E-state index is -1.02. The number of aliphatic carboxylic acids is 1. The van der Waals surface area contributed by atoms with Crippen LogP contribution in [0.3, 0.4) is 0 Å². The fourth-order valence-corrected chi connectivity index (χ4v) is 5.05. The number of ether oxygens (including phenoxy) is 1. The molecule has 1 amide bonds. The molecule has 1 aliphatic rings. The van der Waals surface area contributed by atoms with E-state index in [1.807, 2.05) is 36.4 Å². The first kappa shape index (κ1) is 29.6. The molecule has 5 rings (SSSR count). The Balaban J connectivity index is 1.11. The Morgan fingerprint density at radius 3 is 2.21 bits per heavy atom. The third-order valence-corrected chi connectivity index (χ3v) is 7.57. The number of hydrogen-bond acceptors (Lipinski definition) is 5. The minimum Gasteiger partial charge on any atom is -0.492 e. The van der Waals surface area contributed by atoms with Gasteiger partial charge in [0.05, 0.1) is 13.0 Å². The summed E-state index contributed by atoms with van der Waals surface area (Å²) in [5.74, 6) is 0.174. The molecule has 7 heteroatoms. The highest BCUT2D eigenvalue weighted by Crippen LogP contribution is 2.33. The van der Waals surface area contributed by atoms with Crippen LogP contribution in [0.25, 0.3) is 0 Å². The highest BCUT2D eigenvalue weighted by molar-refractivity contribution is 6.12. The van der Waals surface area contributed by atoms with Crippen LogP contribution in [0, 0.1) is 5.92 Å². The average molecular weight is 577 g/mol. The SMILES string of the molecule is O=C(Cc1ccccc1CC1CC1)NCCOc1ccc(CC(Nc2ccccc2C(=O)c2ccccc2)C(=O)O)cc1. The standard InChI is InChI=1S/C36H36N2O5/c39-34(24-29-11-5-4-10-28(29)22-25-14-15-25)37-20-21-43-30-18-16-26(17-19-30)23-33(36(41)42)38-32-13-7-6-12-31(32)35(40)27-8-2-1-3-9-27/h1-13,16-19,25,33,38H,14-15,20-24H2,(H,37,39)(H,41,42). The Hall–Kier alpha value is -4.91. The lowest BCUT2D eigenvalue weighted by molar-refractivity contribution is -0.137. The van der Waals surface area contributed by atoms with Crippen molar-refractivity contribution in [3.05, 3.63) is 131 Å². The molecule has 0 radical (unpaired) electrons. The van der Waals surface area contributed by atoms with Gasteiger partial charge in [-0.15, -0.1) is 0 Å². The molecular formula is C36H36N2O5. The van der Waals surface area contributed by atoms with Gasteiger partial charge in [-0.1, -0.05) is 78.9 Å².